The van der Waals surface area contributed by atoms with Crippen molar-refractivity contribution in [1.29, 1.82) is 0 Å². The summed E-state index contributed by atoms with van der Waals surface area (Å²) in [5, 5.41) is 3.41. The number of ether oxygens (including phenoxy) is 1. The van der Waals surface area contributed by atoms with E-state index < -0.39 is 6.10 Å². The van der Waals surface area contributed by atoms with Gasteiger partial charge in [0, 0.05) is 28.8 Å². The molecule has 6 heteroatoms. The van der Waals surface area contributed by atoms with Crippen LogP contribution in [0.2, 0.25) is 5.02 Å². The number of benzene rings is 2. The molecule has 24 heavy (non-hydrogen) atoms. The van der Waals surface area contributed by atoms with Gasteiger partial charge in [-0.1, -0.05) is 23.7 Å². The van der Waals surface area contributed by atoms with Crippen molar-refractivity contribution in [2.24, 2.45) is 0 Å². The van der Waals surface area contributed by atoms with Crippen molar-refractivity contribution >= 4 is 23.2 Å². The van der Waals surface area contributed by atoms with E-state index in [0.29, 0.717) is 16.5 Å². The first-order chi connectivity index (χ1) is 11.6. The molecule has 0 aliphatic rings. The van der Waals surface area contributed by atoms with Crippen molar-refractivity contribution in [3.05, 3.63) is 72.3 Å². The Balaban J connectivity index is 1.67. The predicted molar refractivity (Wildman–Crippen MR) is 93.7 cm³/mol. The first kappa shape index (κ1) is 16.1. The van der Waals surface area contributed by atoms with Crippen molar-refractivity contribution in [1.82, 2.24) is 9.55 Å². The average molecular weight is 342 g/mol. The number of rotatable bonds is 5. The second-order valence-corrected chi connectivity index (χ2v) is 5.66. The molecule has 1 heterocycles. The molecule has 0 saturated heterocycles. The lowest BCUT2D eigenvalue weighted by molar-refractivity contribution is -0.122. The largest absolute Gasteiger partial charge is 0.481 e. The van der Waals surface area contributed by atoms with E-state index in [1.807, 2.05) is 35.0 Å². The van der Waals surface area contributed by atoms with Crippen LogP contribution >= 0.6 is 11.6 Å². The lowest BCUT2D eigenvalue weighted by Gasteiger charge is -2.15. The van der Waals surface area contributed by atoms with Crippen LogP contribution in [0.1, 0.15) is 6.92 Å². The number of amides is 1. The monoisotopic (exact) mass is 341 g/mol. The van der Waals surface area contributed by atoms with E-state index in [1.54, 1.807) is 43.7 Å². The number of carbonyl (C=O) groups excluding carboxylic acids is 1. The second kappa shape index (κ2) is 7.19. The summed E-state index contributed by atoms with van der Waals surface area (Å²) in [6.07, 6.45) is 4.59. The van der Waals surface area contributed by atoms with Gasteiger partial charge in [-0.05, 0) is 43.3 Å². The number of hydrogen-bond donors (Lipinski definition) is 1. The van der Waals surface area contributed by atoms with Gasteiger partial charge >= 0.3 is 0 Å². The van der Waals surface area contributed by atoms with E-state index in [1.165, 1.54) is 0 Å². The van der Waals surface area contributed by atoms with E-state index in [0.717, 1.165) is 5.69 Å². The average Bonchev–Trinajstić information content (AvgIpc) is 3.09. The molecule has 0 aliphatic carbocycles. The van der Waals surface area contributed by atoms with Crippen molar-refractivity contribution in [3.8, 4) is 11.4 Å². The summed E-state index contributed by atoms with van der Waals surface area (Å²) in [7, 11) is 0. The van der Waals surface area contributed by atoms with Crippen LogP contribution in [-0.4, -0.2) is 21.6 Å². The Morgan fingerprint density at radius 2 is 2.08 bits per heavy atom. The Kier molecular flexibility index (Phi) is 4.82. The summed E-state index contributed by atoms with van der Waals surface area (Å²) in [5.74, 6) is 0.315. The molecular formula is C18H16ClN3O2. The van der Waals surface area contributed by atoms with Crippen molar-refractivity contribution < 1.29 is 9.53 Å². The van der Waals surface area contributed by atoms with Gasteiger partial charge in [0.05, 0.1) is 6.33 Å². The number of hydrogen-bond acceptors (Lipinski definition) is 3. The van der Waals surface area contributed by atoms with Gasteiger partial charge in [0.1, 0.15) is 5.75 Å². The Labute approximate surface area is 144 Å². The summed E-state index contributed by atoms with van der Waals surface area (Å²) in [6.45, 7) is 1.69. The number of anilines is 1. The number of imidazole rings is 1. The molecule has 0 unspecified atom stereocenters. The molecule has 1 atom stereocenters. The van der Waals surface area contributed by atoms with E-state index in [2.05, 4.69) is 10.3 Å². The maximum atomic E-state index is 12.3. The number of halogens is 1. The van der Waals surface area contributed by atoms with Gasteiger partial charge in [0.2, 0.25) is 0 Å². The van der Waals surface area contributed by atoms with Crippen LogP contribution in [0.3, 0.4) is 0 Å². The van der Waals surface area contributed by atoms with Crippen LogP contribution in [0.25, 0.3) is 5.69 Å². The fourth-order valence-electron chi connectivity index (χ4n) is 2.20. The van der Waals surface area contributed by atoms with Crippen molar-refractivity contribution in [2.45, 2.75) is 13.0 Å². The Bertz CT molecular complexity index is 834. The molecule has 1 N–H and O–H groups in total. The molecular weight excluding hydrogens is 326 g/mol. The molecule has 0 bridgehead atoms. The smallest absolute Gasteiger partial charge is 0.265 e. The van der Waals surface area contributed by atoms with Gasteiger partial charge in [-0.2, -0.15) is 0 Å². The van der Waals surface area contributed by atoms with Crippen LogP contribution in [0.4, 0.5) is 5.69 Å². The minimum atomic E-state index is -0.652. The molecule has 5 nitrogen and oxygen atoms in total. The minimum absolute atomic E-state index is 0.238. The summed E-state index contributed by atoms with van der Waals surface area (Å²) >= 11 is 5.92. The molecule has 1 aromatic heterocycles. The summed E-state index contributed by atoms with van der Waals surface area (Å²) < 4.78 is 7.48. The highest BCUT2D eigenvalue weighted by Gasteiger charge is 2.15. The maximum Gasteiger partial charge on any atom is 0.265 e. The zero-order valence-electron chi connectivity index (χ0n) is 13.0. The molecule has 0 fully saturated rings. The highest BCUT2D eigenvalue weighted by molar-refractivity contribution is 6.30. The topological polar surface area (TPSA) is 56.1 Å². The minimum Gasteiger partial charge on any atom is -0.481 e. The standard InChI is InChI=1S/C18H16ClN3O2/c1-13(24-17-7-2-4-14(19)10-17)18(23)21-15-5-3-6-16(11-15)22-9-8-20-12-22/h2-13H,1H3,(H,21,23)/t13-/m0/s1. The van der Waals surface area contributed by atoms with Crippen LogP contribution < -0.4 is 10.1 Å². The SMILES string of the molecule is C[C@H](Oc1cccc(Cl)c1)C(=O)Nc1cccc(-n2ccnc2)c1. The molecule has 3 rings (SSSR count). The lowest BCUT2D eigenvalue weighted by Crippen LogP contribution is -2.30. The fourth-order valence-corrected chi connectivity index (χ4v) is 2.38. The summed E-state index contributed by atoms with van der Waals surface area (Å²) in [4.78, 5) is 16.3. The van der Waals surface area contributed by atoms with Crippen LogP contribution in [0.5, 0.6) is 5.75 Å². The fraction of sp³-hybridized carbons (Fsp3) is 0.111. The van der Waals surface area contributed by atoms with Gasteiger partial charge in [0.25, 0.3) is 5.91 Å². The lowest BCUT2D eigenvalue weighted by atomic mass is 10.2. The third-order valence-corrected chi connectivity index (χ3v) is 3.63. The van der Waals surface area contributed by atoms with Crippen LogP contribution in [-0.2, 0) is 4.79 Å². The van der Waals surface area contributed by atoms with Gasteiger partial charge in [-0.25, -0.2) is 4.98 Å². The highest BCUT2D eigenvalue weighted by Crippen LogP contribution is 2.19. The van der Waals surface area contributed by atoms with Crippen molar-refractivity contribution in [3.63, 3.8) is 0 Å². The zero-order valence-corrected chi connectivity index (χ0v) is 13.8. The van der Waals surface area contributed by atoms with Gasteiger partial charge in [0.15, 0.2) is 6.10 Å². The molecule has 0 spiro atoms. The summed E-state index contributed by atoms with van der Waals surface area (Å²) in [5.41, 5.74) is 1.60. The number of carbonyl (C=O) groups is 1. The molecule has 122 valence electrons. The number of aromatic nitrogens is 2. The predicted octanol–water partition coefficient (Wildman–Crippen LogP) is 3.93. The molecule has 1 amide bonds. The summed E-state index contributed by atoms with van der Waals surface area (Å²) in [6, 6.07) is 14.4. The maximum absolute atomic E-state index is 12.3. The highest BCUT2D eigenvalue weighted by atomic mass is 35.5. The Morgan fingerprint density at radius 1 is 1.25 bits per heavy atom. The zero-order chi connectivity index (χ0) is 16.9. The van der Waals surface area contributed by atoms with Crippen LogP contribution in [0, 0.1) is 0 Å². The first-order valence-corrected chi connectivity index (χ1v) is 7.81. The number of nitrogens with zero attached hydrogens (tertiary/aromatic N) is 2. The molecule has 0 aliphatic heterocycles. The van der Waals surface area contributed by atoms with Crippen molar-refractivity contribution in [2.75, 3.05) is 5.32 Å². The van der Waals surface area contributed by atoms with Gasteiger partial charge in [-0.3, -0.25) is 4.79 Å². The third kappa shape index (κ3) is 3.94. The van der Waals surface area contributed by atoms with Crippen LogP contribution in [0.15, 0.2) is 67.3 Å². The third-order valence-electron chi connectivity index (χ3n) is 3.39. The van der Waals surface area contributed by atoms with E-state index >= 15 is 0 Å². The normalized spacial score (nSPS) is 11.8. The Morgan fingerprint density at radius 3 is 2.83 bits per heavy atom. The number of nitrogens with one attached hydrogen (secondary N) is 1. The molecule has 2 aromatic carbocycles. The molecule has 3 aromatic rings. The van der Waals surface area contributed by atoms with E-state index in [9.17, 15) is 4.79 Å². The van der Waals surface area contributed by atoms with E-state index in [4.69, 9.17) is 16.3 Å². The molecule has 0 saturated carbocycles. The second-order valence-electron chi connectivity index (χ2n) is 5.23. The Hall–Kier alpha value is -2.79. The van der Waals surface area contributed by atoms with Gasteiger partial charge in [-0.15, -0.1) is 0 Å². The quantitative estimate of drug-likeness (QED) is 0.765. The molecule has 0 radical (unpaired) electrons. The first-order valence-electron chi connectivity index (χ1n) is 7.43. The van der Waals surface area contributed by atoms with E-state index in [-0.39, 0.29) is 5.91 Å². The van der Waals surface area contributed by atoms with Gasteiger partial charge < -0.3 is 14.6 Å².